The summed E-state index contributed by atoms with van der Waals surface area (Å²) in [5.74, 6) is -1.83. The van der Waals surface area contributed by atoms with E-state index >= 15 is 0 Å². The molecule has 1 atom stereocenters. The van der Waals surface area contributed by atoms with Crippen LogP contribution in [0.2, 0.25) is 0 Å². The maximum absolute atomic E-state index is 12.7. The number of carbonyl (C=O) groups excluding carboxylic acids is 1. The van der Waals surface area contributed by atoms with Gasteiger partial charge in [-0.3, -0.25) is 10.2 Å². The van der Waals surface area contributed by atoms with E-state index in [1.807, 2.05) is 30.3 Å². The number of fused-ring (bicyclic) bond motifs is 1. The summed E-state index contributed by atoms with van der Waals surface area (Å²) >= 11 is 0. The monoisotopic (exact) mass is 408 g/mol. The number of carbonyl (C=O) groups is 2. The second kappa shape index (κ2) is 9.49. The van der Waals surface area contributed by atoms with Gasteiger partial charge in [0, 0.05) is 16.4 Å². The van der Waals surface area contributed by atoms with E-state index in [1.54, 1.807) is 0 Å². The van der Waals surface area contributed by atoms with E-state index in [0.29, 0.717) is 12.8 Å². The number of carboxylic acids is 1. The first-order chi connectivity index (χ1) is 13.8. The molecule has 2 aromatic rings. The molecule has 0 radical (unpaired) electrons. The van der Waals surface area contributed by atoms with E-state index < -0.39 is 23.8 Å². The Morgan fingerprint density at radius 2 is 1.90 bits per heavy atom. The molecule has 0 spiro atoms. The summed E-state index contributed by atoms with van der Waals surface area (Å²) in [7, 11) is 0. The highest BCUT2D eigenvalue weighted by atomic mass is 19.4. The lowest BCUT2D eigenvalue weighted by Crippen LogP contribution is -2.40. The molecule has 1 heterocycles. The van der Waals surface area contributed by atoms with Crippen molar-refractivity contribution in [3.8, 4) is 5.75 Å². The standard InChI is InChI=1S/C12H7F3O4.C7H8N2O/c13-12(14,15)10-8(11(17)18)4-7-3-6(5-16)1-2-9(7)19-10;10-9-8-6-7-4-2-1-3-5-7/h1-5,10H,(H,17,18);1-5H,6H2,(H,8,10). The quantitative estimate of drug-likeness (QED) is 0.444. The second-order valence-corrected chi connectivity index (χ2v) is 5.77. The van der Waals surface area contributed by atoms with E-state index in [4.69, 9.17) is 5.11 Å². The summed E-state index contributed by atoms with van der Waals surface area (Å²) in [6.07, 6.45) is -5.97. The van der Waals surface area contributed by atoms with Crippen LogP contribution in [-0.4, -0.2) is 29.6 Å². The molecule has 0 saturated carbocycles. The molecule has 0 aliphatic carbocycles. The Balaban J connectivity index is 0.000000253. The lowest BCUT2D eigenvalue weighted by Gasteiger charge is -2.27. The van der Waals surface area contributed by atoms with Gasteiger partial charge in [-0.25, -0.2) is 4.79 Å². The molecule has 2 N–H and O–H groups in total. The van der Waals surface area contributed by atoms with Gasteiger partial charge in [0.25, 0.3) is 0 Å². The number of ether oxygens (including phenoxy) is 1. The maximum Gasteiger partial charge on any atom is 0.430 e. The molecule has 1 aliphatic rings. The molecular weight excluding hydrogens is 393 g/mol. The van der Waals surface area contributed by atoms with Crippen molar-refractivity contribution >= 4 is 18.3 Å². The van der Waals surface area contributed by atoms with Gasteiger partial charge in [-0.15, -0.1) is 4.91 Å². The van der Waals surface area contributed by atoms with Crippen LogP contribution in [0.1, 0.15) is 21.5 Å². The maximum atomic E-state index is 12.7. The number of alkyl halides is 3. The third kappa shape index (κ3) is 5.89. The normalized spacial score (nSPS) is 14.9. The summed E-state index contributed by atoms with van der Waals surface area (Å²) in [4.78, 5) is 31.0. The van der Waals surface area contributed by atoms with Crippen LogP contribution >= 0.6 is 0 Å². The van der Waals surface area contributed by atoms with Crippen molar-refractivity contribution in [1.29, 1.82) is 0 Å². The smallest absolute Gasteiger partial charge is 0.430 e. The van der Waals surface area contributed by atoms with Crippen molar-refractivity contribution in [2.24, 2.45) is 5.29 Å². The zero-order valence-corrected chi connectivity index (χ0v) is 14.7. The molecule has 7 nitrogen and oxygen atoms in total. The van der Waals surface area contributed by atoms with Crippen molar-refractivity contribution in [1.82, 2.24) is 5.43 Å². The number of hydrogen-bond donors (Lipinski definition) is 2. The zero-order valence-electron chi connectivity index (χ0n) is 14.7. The van der Waals surface area contributed by atoms with Crippen LogP contribution in [-0.2, 0) is 11.3 Å². The SMILES string of the molecule is O=Cc1ccc2c(c1)C=C(C(=O)O)C(C(F)(F)F)O2.O=NNCc1ccccc1. The molecule has 0 aromatic heterocycles. The lowest BCUT2D eigenvalue weighted by molar-refractivity contribution is -0.187. The molecule has 2 aromatic carbocycles. The number of aldehydes is 1. The van der Waals surface area contributed by atoms with Crippen LogP contribution in [0.4, 0.5) is 13.2 Å². The fraction of sp³-hybridized carbons (Fsp3) is 0.158. The number of aliphatic carboxylic acids is 1. The predicted octanol–water partition coefficient (Wildman–Crippen LogP) is 3.75. The van der Waals surface area contributed by atoms with E-state index in [1.165, 1.54) is 18.2 Å². The number of nitrogens with one attached hydrogen (secondary N) is 1. The third-order valence-electron chi connectivity index (χ3n) is 3.74. The molecule has 10 heteroatoms. The van der Waals surface area contributed by atoms with Crippen molar-refractivity contribution in [2.45, 2.75) is 18.8 Å². The molecule has 0 bridgehead atoms. The number of benzene rings is 2. The Morgan fingerprint density at radius 1 is 1.21 bits per heavy atom. The molecule has 152 valence electrons. The molecular formula is C19H15F3N2O5. The van der Waals surface area contributed by atoms with Crippen molar-refractivity contribution in [3.63, 3.8) is 0 Å². The third-order valence-corrected chi connectivity index (χ3v) is 3.74. The summed E-state index contributed by atoms with van der Waals surface area (Å²) in [5, 5.41) is 11.3. The molecule has 1 aliphatic heterocycles. The van der Waals surface area contributed by atoms with Crippen molar-refractivity contribution < 1.29 is 32.6 Å². The molecule has 0 saturated heterocycles. The number of halogens is 3. The predicted molar refractivity (Wildman–Crippen MR) is 97.0 cm³/mol. The first kappa shape index (κ1) is 21.6. The van der Waals surface area contributed by atoms with Gasteiger partial charge < -0.3 is 9.84 Å². The Kier molecular flexibility index (Phi) is 7.07. The summed E-state index contributed by atoms with van der Waals surface area (Å²) < 4.78 is 42.8. The Hall–Kier alpha value is -3.69. The van der Waals surface area contributed by atoms with Crippen LogP contribution in [0.5, 0.6) is 5.75 Å². The minimum absolute atomic E-state index is 0.113. The van der Waals surface area contributed by atoms with E-state index in [0.717, 1.165) is 11.6 Å². The number of nitrogens with zero attached hydrogens (tertiary/aromatic N) is 1. The topological polar surface area (TPSA) is 105 Å². The summed E-state index contributed by atoms with van der Waals surface area (Å²) in [6, 6.07) is 13.4. The minimum Gasteiger partial charge on any atom is -0.478 e. The molecule has 1 unspecified atom stereocenters. The van der Waals surface area contributed by atoms with Gasteiger partial charge in [0.05, 0.1) is 12.1 Å². The average molecular weight is 408 g/mol. The largest absolute Gasteiger partial charge is 0.478 e. The highest BCUT2D eigenvalue weighted by Gasteiger charge is 2.48. The molecule has 0 amide bonds. The van der Waals surface area contributed by atoms with Crippen LogP contribution in [0.25, 0.3) is 6.08 Å². The lowest BCUT2D eigenvalue weighted by atomic mass is 10.00. The number of nitroso groups, excluding NO2 is 1. The van der Waals surface area contributed by atoms with Gasteiger partial charge in [-0.2, -0.15) is 13.2 Å². The van der Waals surface area contributed by atoms with Gasteiger partial charge in [0.2, 0.25) is 6.10 Å². The number of hydrogen-bond acceptors (Lipinski definition) is 5. The fourth-order valence-electron chi connectivity index (χ4n) is 2.43. The highest BCUT2D eigenvalue weighted by Crippen LogP contribution is 2.37. The minimum atomic E-state index is -4.83. The van der Waals surface area contributed by atoms with E-state index in [9.17, 15) is 27.7 Å². The van der Waals surface area contributed by atoms with Crippen LogP contribution in [0.15, 0.2) is 59.4 Å². The zero-order chi connectivity index (χ0) is 21.4. The van der Waals surface area contributed by atoms with E-state index in [2.05, 4.69) is 15.4 Å². The number of rotatable bonds is 5. The second-order valence-electron chi connectivity index (χ2n) is 5.77. The van der Waals surface area contributed by atoms with Crippen molar-refractivity contribution in [2.75, 3.05) is 0 Å². The first-order valence-corrected chi connectivity index (χ1v) is 8.13. The van der Waals surface area contributed by atoms with Crippen LogP contribution in [0, 0.1) is 4.91 Å². The fourth-order valence-corrected chi connectivity index (χ4v) is 2.43. The van der Waals surface area contributed by atoms with Crippen LogP contribution < -0.4 is 10.2 Å². The van der Waals surface area contributed by atoms with Gasteiger partial charge in [-0.05, 0) is 29.8 Å². The Bertz CT molecular complexity index is 914. The Morgan fingerprint density at radius 3 is 2.45 bits per heavy atom. The van der Waals surface area contributed by atoms with Crippen LogP contribution in [0.3, 0.4) is 0 Å². The average Bonchev–Trinajstić information content (AvgIpc) is 2.71. The van der Waals surface area contributed by atoms with Gasteiger partial charge in [-0.1, -0.05) is 30.3 Å². The summed E-state index contributed by atoms with van der Waals surface area (Å²) in [6.45, 7) is 0.504. The van der Waals surface area contributed by atoms with Gasteiger partial charge >= 0.3 is 12.1 Å². The highest BCUT2D eigenvalue weighted by molar-refractivity contribution is 5.95. The Labute approximate surface area is 162 Å². The van der Waals surface area contributed by atoms with Gasteiger partial charge in [0.1, 0.15) is 12.0 Å². The summed E-state index contributed by atoms with van der Waals surface area (Å²) in [5.41, 5.74) is 2.82. The van der Waals surface area contributed by atoms with E-state index in [-0.39, 0.29) is 16.9 Å². The first-order valence-electron chi connectivity index (χ1n) is 8.13. The molecule has 3 rings (SSSR count). The van der Waals surface area contributed by atoms with Gasteiger partial charge in [0.15, 0.2) is 0 Å². The van der Waals surface area contributed by atoms with Crippen molar-refractivity contribution in [3.05, 3.63) is 75.7 Å². The molecule has 0 fully saturated rings. The molecule has 29 heavy (non-hydrogen) atoms. The number of carboxylic acid groups (broad SMARTS) is 1.